The maximum absolute atomic E-state index is 13.6. The number of hydrogen-bond acceptors (Lipinski definition) is 5. The van der Waals surface area contributed by atoms with Crippen molar-refractivity contribution < 1.29 is 45.7 Å². The summed E-state index contributed by atoms with van der Waals surface area (Å²) in [5.74, 6) is -2.05. The van der Waals surface area contributed by atoms with Gasteiger partial charge in [0.25, 0.3) is 0 Å². The van der Waals surface area contributed by atoms with E-state index >= 15 is 0 Å². The number of aliphatic hydroxyl groups is 1. The number of rotatable bonds is 4. The first-order valence-electron chi connectivity index (χ1n) is 11.1. The number of ketones is 1. The predicted octanol–water partition coefficient (Wildman–Crippen LogP) is 7.21. The van der Waals surface area contributed by atoms with E-state index in [0.29, 0.717) is 5.56 Å². The SMILES string of the molecule is CC1(C)OC(C)(C)C(O)=C(c2cc(Oc3ncc(C(F)(F)F)cc3C(F)(F)F)ccc2C2CC2)C1=O. The third-order valence-corrected chi connectivity index (χ3v) is 6.10. The average molecular weight is 515 g/mol. The highest BCUT2D eigenvalue weighted by atomic mass is 19.4. The summed E-state index contributed by atoms with van der Waals surface area (Å²) in [5, 5.41) is 10.9. The van der Waals surface area contributed by atoms with E-state index in [2.05, 4.69) is 4.98 Å². The van der Waals surface area contributed by atoms with Crippen molar-refractivity contribution in [1.29, 1.82) is 0 Å². The normalized spacial score (nSPS) is 20.0. The lowest BCUT2D eigenvalue weighted by Crippen LogP contribution is -2.49. The molecule has 194 valence electrons. The van der Waals surface area contributed by atoms with Gasteiger partial charge in [0.1, 0.15) is 28.3 Å². The van der Waals surface area contributed by atoms with Gasteiger partial charge in [-0.25, -0.2) is 4.98 Å². The zero-order chi connectivity index (χ0) is 26.8. The van der Waals surface area contributed by atoms with E-state index in [1.54, 1.807) is 33.8 Å². The topological polar surface area (TPSA) is 68.7 Å². The summed E-state index contributed by atoms with van der Waals surface area (Å²) in [6.07, 6.45) is -8.32. The molecule has 1 aromatic heterocycles. The monoisotopic (exact) mass is 515 g/mol. The maximum Gasteiger partial charge on any atom is 0.421 e. The summed E-state index contributed by atoms with van der Waals surface area (Å²) >= 11 is 0. The van der Waals surface area contributed by atoms with Crippen molar-refractivity contribution in [2.75, 3.05) is 0 Å². The molecule has 2 heterocycles. The van der Waals surface area contributed by atoms with Crippen LogP contribution in [0, 0.1) is 0 Å². The van der Waals surface area contributed by atoms with E-state index in [1.165, 1.54) is 12.1 Å². The second-order valence-corrected chi connectivity index (χ2v) is 9.87. The fraction of sp³-hybridized carbons (Fsp3) is 0.440. The Labute approximate surface area is 202 Å². The minimum absolute atomic E-state index is 0.0416. The summed E-state index contributed by atoms with van der Waals surface area (Å²) in [7, 11) is 0. The number of Topliss-reactive ketones (excluding diaryl/α,β-unsaturated/α-hetero) is 1. The molecule has 0 bridgehead atoms. The minimum Gasteiger partial charge on any atom is -0.508 e. The van der Waals surface area contributed by atoms with E-state index in [4.69, 9.17) is 9.47 Å². The predicted molar refractivity (Wildman–Crippen MR) is 117 cm³/mol. The highest BCUT2D eigenvalue weighted by molar-refractivity contribution is 6.26. The van der Waals surface area contributed by atoms with Crippen molar-refractivity contribution >= 4 is 11.4 Å². The van der Waals surface area contributed by atoms with Crippen molar-refractivity contribution in [2.45, 2.75) is 70.0 Å². The van der Waals surface area contributed by atoms with Crippen LogP contribution in [0.2, 0.25) is 0 Å². The Balaban J connectivity index is 1.84. The van der Waals surface area contributed by atoms with Crippen LogP contribution in [-0.2, 0) is 21.9 Å². The lowest BCUT2D eigenvalue weighted by molar-refractivity contribution is -0.158. The number of alkyl halides is 6. The molecule has 2 aromatic rings. The first-order valence-corrected chi connectivity index (χ1v) is 11.1. The summed E-state index contributed by atoms with van der Waals surface area (Å²) < 4.78 is 90.7. The summed E-state index contributed by atoms with van der Waals surface area (Å²) in [5.41, 5.74) is -4.88. The Morgan fingerprint density at radius 1 is 1.00 bits per heavy atom. The van der Waals surface area contributed by atoms with Crippen LogP contribution in [-0.4, -0.2) is 27.1 Å². The smallest absolute Gasteiger partial charge is 0.421 e. The molecule has 1 N–H and O–H groups in total. The molecule has 0 radical (unpaired) electrons. The number of hydrogen-bond donors (Lipinski definition) is 1. The number of carbonyl (C=O) groups excluding carboxylic acids is 1. The van der Waals surface area contributed by atoms with Crippen molar-refractivity contribution in [3.63, 3.8) is 0 Å². The van der Waals surface area contributed by atoms with Gasteiger partial charge in [0.15, 0.2) is 5.78 Å². The molecule has 11 heteroatoms. The Kier molecular flexibility index (Phi) is 5.94. The molecule has 1 aliphatic heterocycles. The third-order valence-electron chi connectivity index (χ3n) is 6.10. The number of aromatic nitrogens is 1. The molecular weight excluding hydrogens is 492 g/mol. The first kappa shape index (κ1) is 26.0. The van der Waals surface area contributed by atoms with Gasteiger partial charge < -0.3 is 14.6 Å². The van der Waals surface area contributed by atoms with Gasteiger partial charge in [0, 0.05) is 6.20 Å². The quantitative estimate of drug-likeness (QED) is 0.436. The molecule has 4 rings (SSSR count). The molecule has 0 spiro atoms. The fourth-order valence-corrected chi connectivity index (χ4v) is 4.26. The molecule has 36 heavy (non-hydrogen) atoms. The van der Waals surface area contributed by atoms with Crippen LogP contribution in [0.15, 0.2) is 36.2 Å². The fourth-order valence-electron chi connectivity index (χ4n) is 4.26. The molecule has 1 aromatic carbocycles. The number of ether oxygens (including phenoxy) is 2. The lowest BCUT2D eigenvalue weighted by Gasteiger charge is -2.40. The van der Waals surface area contributed by atoms with Crippen LogP contribution in [0.4, 0.5) is 26.3 Å². The van der Waals surface area contributed by atoms with E-state index in [-0.39, 0.29) is 40.8 Å². The van der Waals surface area contributed by atoms with Crippen molar-refractivity contribution in [1.82, 2.24) is 4.98 Å². The zero-order valence-corrected chi connectivity index (χ0v) is 19.8. The Morgan fingerprint density at radius 3 is 2.19 bits per heavy atom. The van der Waals surface area contributed by atoms with Gasteiger partial charge >= 0.3 is 12.4 Å². The molecule has 1 aliphatic carbocycles. The Bertz CT molecular complexity index is 1260. The van der Waals surface area contributed by atoms with Crippen LogP contribution < -0.4 is 4.74 Å². The van der Waals surface area contributed by atoms with Crippen LogP contribution in [0.3, 0.4) is 0 Å². The molecular formula is C25H23F6NO4. The second-order valence-electron chi connectivity index (χ2n) is 9.87. The average Bonchev–Trinajstić information content (AvgIpc) is 3.56. The van der Waals surface area contributed by atoms with E-state index in [9.17, 15) is 36.2 Å². The summed E-state index contributed by atoms with van der Waals surface area (Å²) in [4.78, 5) is 16.6. The van der Waals surface area contributed by atoms with Gasteiger partial charge in [-0.05, 0) is 75.8 Å². The number of halogens is 6. The van der Waals surface area contributed by atoms with Crippen molar-refractivity contribution in [2.24, 2.45) is 0 Å². The number of pyridine rings is 1. The number of benzene rings is 1. The van der Waals surface area contributed by atoms with E-state index < -0.39 is 46.3 Å². The summed E-state index contributed by atoms with van der Waals surface area (Å²) in [6.45, 7) is 6.25. The molecule has 2 aliphatic rings. The third kappa shape index (κ3) is 4.80. The number of nitrogens with zero attached hydrogens (tertiary/aromatic N) is 1. The Morgan fingerprint density at radius 2 is 1.64 bits per heavy atom. The zero-order valence-electron chi connectivity index (χ0n) is 19.8. The molecule has 0 atom stereocenters. The van der Waals surface area contributed by atoms with Gasteiger partial charge in [-0.2, -0.15) is 26.3 Å². The van der Waals surface area contributed by atoms with Gasteiger partial charge in [0.2, 0.25) is 5.88 Å². The second kappa shape index (κ2) is 8.22. The maximum atomic E-state index is 13.6. The highest BCUT2D eigenvalue weighted by Gasteiger charge is 2.48. The molecule has 5 nitrogen and oxygen atoms in total. The number of aliphatic hydroxyl groups excluding tert-OH is 1. The standard InChI is InChI=1S/C25H23F6NO4/c1-22(2)19(33)18(20(34)23(3,4)36-22)16-10-14(7-8-15(16)12-5-6-12)35-21-17(25(29,30)31)9-13(11-32-21)24(26,27)28/h7-12,33H,5-6H2,1-4H3. The minimum atomic E-state index is -5.17. The highest BCUT2D eigenvalue weighted by Crippen LogP contribution is 2.48. The van der Waals surface area contributed by atoms with Crippen molar-refractivity contribution in [3.05, 3.63) is 58.5 Å². The van der Waals surface area contributed by atoms with Crippen LogP contribution in [0.5, 0.6) is 11.6 Å². The van der Waals surface area contributed by atoms with E-state index in [0.717, 1.165) is 12.8 Å². The van der Waals surface area contributed by atoms with Gasteiger partial charge in [-0.1, -0.05) is 6.07 Å². The molecule has 1 saturated carbocycles. The lowest BCUT2D eigenvalue weighted by atomic mass is 9.81. The largest absolute Gasteiger partial charge is 0.508 e. The molecule has 0 unspecified atom stereocenters. The van der Waals surface area contributed by atoms with Crippen LogP contribution in [0.25, 0.3) is 5.57 Å². The molecule has 0 saturated heterocycles. The summed E-state index contributed by atoms with van der Waals surface area (Å²) in [6, 6.07) is 4.16. The molecule has 1 fully saturated rings. The van der Waals surface area contributed by atoms with Crippen molar-refractivity contribution in [3.8, 4) is 11.6 Å². The van der Waals surface area contributed by atoms with Gasteiger partial charge in [0.05, 0.1) is 11.1 Å². The van der Waals surface area contributed by atoms with Gasteiger partial charge in [-0.3, -0.25) is 4.79 Å². The number of carbonyl (C=O) groups is 1. The first-order chi connectivity index (χ1) is 16.4. The van der Waals surface area contributed by atoms with E-state index in [1.807, 2.05) is 0 Å². The van der Waals surface area contributed by atoms with Gasteiger partial charge in [-0.15, -0.1) is 0 Å². The van der Waals surface area contributed by atoms with Crippen LogP contribution in [0.1, 0.15) is 68.7 Å². The Hall–Kier alpha value is -3.08. The molecule has 0 amide bonds. The van der Waals surface area contributed by atoms with Crippen LogP contribution >= 0.6 is 0 Å².